The van der Waals surface area contributed by atoms with Crippen LogP contribution >= 0.6 is 0 Å². The number of carbonyl (C=O) groups is 1. The van der Waals surface area contributed by atoms with E-state index in [1.54, 1.807) is 17.6 Å². The van der Waals surface area contributed by atoms with Crippen LogP contribution in [0.1, 0.15) is 54.1 Å². The number of nitrogens with zero attached hydrogens (tertiary/aromatic N) is 2. The van der Waals surface area contributed by atoms with Crippen LogP contribution in [0.2, 0.25) is 0 Å². The van der Waals surface area contributed by atoms with Gasteiger partial charge in [0.15, 0.2) is 0 Å². The third kappa shape index (κ3) is 4.83. The first-order valence-electron chi connectivity index (χ1n) is 12.7. The van der Waals surface area contributed by atoms with Crippen molar-refractivity contribution in [1.29, 1.82) is 0 Å². The van der Waals surface area contributed by atoms with E-state index in [9.17, 15) is 9.18 Å². The fourth-order valence-corrected chi connectivity index (χ4v) is 5.19. The molecule has 1 N–H and O–H groups in total. The van der Waals surface area contributed by atoms with E-state index in [2.05, 4.69) is 42.5 Å². The molecule has 2 heterocycles. The molecule has 4 aromatic rings. The number of rotatable bonds is 5. The number of hydrogen-bond donors (Lipinski definition) is 1. The van der Waals surface area contributed by atoms with Crippen LogP contribution in [0.5, 0.6) is 0 Å². The Morgan fingerprint density at radius 2 is 1.92 bits per heavy atom. The minimum absolute atomic E-state index is 0.0882. The molecule has 2 aromatic heterocycles. The lowest BCUT2D eigenvalue weighted by molar-refractivity contribution is 0.0947. The predicted molar refractivity (Wildman–Crippen MR) is 144 cm³/mol. The highest BCUT2D eigenvalue weighted by molar-refractivity contribution is 6.01. The number of pyridine rings is 1. The molecular weight excluding hydrogens is 449 g/mol. The summed E-state index contributed by atoms with van der Waals surface area (Å²) in [5.41, 5.74) is 8.59. The van der Waals surface area contributed by atoms with E-state index < -0.39 is 0 Å². The molecule has 0 spiro atoms. The summed E-state index contributed by atoms with van der Waals surface area (Å²) < 4.78 is 15.7. The molecule has 184 valence electrons. The van der Waals surface area contributed by atoms with E-state index in [1.807, 2.05) is 36.5 Å². The minimum atomic E-state index is -0.208. The standard InChI is InChI=1S/C31H32FN3O/c1-20-6-4-8-23(11-10-20)18-33-31(36)27-19-34-35-15-14-24(17-29(27)35)26-9-5-7-21(2)30(26)25-12-13-28(32)22(3)16-25/h5-7,9,12-17,19,23H,4,8,10-11,18H2,1-3H3,(H,33,36). The molecule has 0 aliphatic heterocycles. The van der Waals surface area contributed by atoms with Crippen molar-refractivity contribution in [3.63, 3.8) is 0 Å². The summed E-state index contributed by atoms with van der Waals surface area (Å²) in [4.78, 5) is 13.2. The highest BCUT2D eigenvalue weighted by Crippen LogP contribution is 2.36. The van der Waals surface area contributed by atoms with Gasteiger partial charge in [0.25, 0.3) is 5.91 Å². The minimum Gasteiger partial charge on any atom is -0.352 e. The summed E-state index contributed by atoms with van der Waals surface area (Å²) in [6.07, 6.45) is 10.3. The first-order chi connectivity index (χ1) is 17.4. The smallest absolute Gasteiger partial charge is 0.255 e. The summed E-state index contributed by atoms with van der Waals surface area (Å²) in [5, 5.41) is 7.58. The number of aryl methyl sites for hydroxylation is 2. The summed E-state index contributed by atoms with van der Waals surface area (Å²) in [7, 11) is 0. The van der Waals surface area contributed by atoms with Crippen LogP contribution in [0, 0.1) is 25.6 Å². The van der Waals surface area contributed by atoms with Crippen LogP contribution in [0.15, 0.2) is 72.6 Å². The molecule has 0 radical (unpaired) electrons. The number of nitrogens with one attached hydrogen (secondary N) is 1. The number of halogens is 1. The van der Waals surface area contributed by atoms with Crippen molar-refractivity contribution in [3.8, 4) is 22.3 Å². The van der Waals surface area contributed by atoms with Crippen LogP contribution in [0.4, 0.5) is 4.39 Å². The second-order valence-electron chi connectivity index (χ2n) is 10.0. The fraction of sp³-hybridized carbons (Fsp3) is 0.290. The normalized spacial score (nSPS) is 16.0. The van der Waals surface area contributed by atoms with Gasteiger partial charge < -0.3 is 5.32 Å². The maximum atomic E-state index is 14.0. The summed E-state index contributed by atoms with van der Waals surface area (Å²) in [6.45, 7) is 6.72. The number of aromatic nitrogens is 2. The lowest BCUT2D eigenvalue weighted by Gasteiger charge is -2.15. The second-order valence-corrected chi connectivity index (χ2v) is 10.0. The Bertz CT molecular complexity index is 1470. The number of fused-ring (bicyclic) bond motifs is 1. The molecule has 0 fully saturated rings. The van der Waals surface area contributed by atoms with E-state index in [0.717, 1.165) is 59.0 Å². The van der Waals surface area contributed by atoms with Gasteiger partial charge in [0.2, 0.25) is 0 Å². The van der Waals surface area contributed by atoms with Crippen LogP contribution < -0.4 is 5.32 Å². The van der Waals surface area contributed by atoms with Gasteiger partial charge in [0.1, 0.15) is 5.82 Å². The molecule has 5 heteroatoms. The van der Waals surface area contributed by atoms with Crippen molar-refractivity contribution in [2.24, 2.45) is 5.92 Å². The van der Waals surface area contributed by atoms with Crippen molar-refractivity contribution in [2.75, 3.05) is 6.54 Å². The molecule has 2 aromatic carbocycles. The lowest BCUT2D eigenvalue weighted by atomic mass is 9.90. The van der Waals surface area contributed by atoms with Crippen molar-refractivity contribution in [2.45, 2.75) is 46.5 Å². The Hall–Kier alpha value is -3.73. The monoisotopic (exact) mass is 481 g/mol. The Kier molecular flexibility index (Phi) is 6.73. The van der Waals surface area contributed by atoms with E-state index in [0.29, 0.717) is 23.6 Å². The topological polar surface area (TPSA) is 46.4 Å². The first kappa shape index (κ1) is 24.0. The zero-order valence-corrected chi connectivity index (χ0v) is 21.1. The molecule has 1 unspecified atom stereocenters. The van der Waals surface area contributed by atoms with Gasteiger partial charge in [0.05, 0.1) is 17.3 Å². The largest absolute Gasteiger partial charge is 0.352 e. The average molecular weight is 482 g/mol. The molecule has 0 saturated heterocycles. The second kappa shape index (κ2) is 10.1. The molecular formula is C31H32FN3O. The van der Waals surface area contributed by atoms with Gasteiger partial charge in [-0.1, -0.05) is 35.9 Å². The van der Waals surface area contributed by atoms with Gasteiger partial charge in [-0.2, -0.15) is 5.10 Å². The number of carbonyl (C=O) groups excluding carboxylic acids is 1. The highest BCUT2D eigenvalue weighted by atomic mass is 19.1. The Morgan fingerprint density at radius 3 is 2.75 bits per heavy atom. The Balaban J connectivity index is 1.45. The molecule has 0 saturated carbocycles. The quantitative estimate of drug-likeness (QED) is 0.304. The van der Waals surface area contributed by atoms with Gasteiger partial charge in [0, 0.05) is 12.7 Å². The fourth-order valence-electron chi connectivity index (χ4n) is 5.19. The molecule has 1 atom stereocenters. The van der Waals surface area contributed by atoms with Crippen molar-refractivity contribution in [1.82, 2.24) is 14.9 Å². The Morgan fingerprint density at radius 1 is 1.06 bits per heavy atom. The van der Waals surface area contributed by atoms with E-state index in [1.165, 1.54) is 11.6 Å². The van der Waals surface area contributed by atoms with Crippen LogP contribution in [0.25, 0.3) is 27.8 Å². The Labute approximate surface area is 211 Å². The first-order valence-corrected chi connectivity index (χ1v) is 12.7. The number of amides is 1. The van der Waals surface area contributed by atoms with Gasteiger partial charge in [-0.25, -0.2) is 8.91 Å². The third-order valence-electron chi connectivity index (χ3n) is 7.36. The third-order valence-corrected chi connectivity index (χ3v) is 7.36. The van der Waals surface area contributed by atoms with Crippen LogP contribution in [-0.4, -0.2) is 22.1 Å². The van der Waals surface area contributed by atoms with Gasteiger partial charge in [-0.3, -0.25) is 4.79 Å². The number of benzene rings is 2. The molecule has 1 amide bonds. The maximum Gasteiger partial charge on any atom is 0.255 e. The predicted octanol–water partition coefficient (Wildman–Crippen LogP) is 7.29. The molecule has 1 aliphatic carbocycles. The van der Waals surface area contributed by atoms with E-state index >= 15 is 0 Å². The molecule has 4 nitrogen and oxygen atoms in total. The van der Waals surface area contributed by atoms with E-state index in [4.69, 9.17) is 0 Å². The molecule has 0 bridgehead atoms. The lowest BCUT2D eigenvalue weighted by Crippen LogP contribution is -2.29. The number of allylic oxidation sites excluding steroid dienone is 2. The SMILES string of the molecule is CC1=CCCC(CNC(=O)c2cnn3ccc(-c4cccc(C)c4-c4ccc(F)c(C)c4)cc23)CC1. The summed E-state index contributed by atoms with van der Waals surface area (Å²) in [6, 6.07) is 15.4. The van der Waals surface area contributed by atoms with Crippen molar-refractivity contribution < 1.29 is 9.18 Å². The average Bonchev–Trinajstić information content (AvgIpc) is 3.18. The zero-order valence-electron chi connectivity index (χ0n) is 21.1. The molecule has 36 heavy (non-hydrogen) atoms. The molecule has 1 aliphatic rings. The van der Waals surface area contributed by atoms with Crippen LogP contribution in [-0.2, 0) is 0 Å². The van der Waals surface area contributed by atoms with Gasteiger partial charge in [-0.05, 0) is 110 Å². The van der Waals surface area contributed by atoms with Crippen molar-refractivity contribution in [3.05, 3.63) is 95.1 Å². The van der Waals surface area contributed by atoms with Gasteiger partial charge >= 0.3 is 0 Å². The van der Waals surface area contributed by atoms with Gasteiger partial charge in [-0.15, -0.1) is 0 Å². The zero-order chi connectivity index (χ0) is 25.2. The van der Waals surface area contributed by atoms with E-state index in [-0.39, 0.29) is 11.7 Å². The maximum absolute atomic E-state index is 14.0. The summed E-state index contributed by atoms with van der Waals surface area (Å²) in [5.74, 6) is 0.198. The number of hydrogen-bond acceptors (Lipinski definition) is 2. The molecule has 5 rings (SSSR count). The van der Waals surface area contributed by atoms with Crippen molar-refractivity contribution >= 4 is 11.4 Å². The highest BCUT2D eigenvalue weighted by Gasteiger charge is 2.18. The summed E-state index contributed by atoms with van der Waals surface area (Å²) >= 11 is 0. The van der Waals surface area contributed by atoms with Crippen LogP contribution in [0.3, 0.4) is 0 Å².